The van der Waals surface area contributed by atoms with Gasteiger partial charge in [0.05, 0.1) is 30.8 Å². The van der Waals surface area contributed by atoms with Gasteiger partial charge in [-0.2, -0.15) is 0 Å². The number of halogens is 1. The number of fused-ring (bicyclic) bond motifs is 1. The van der Waals surface area contributed by atoms with Crippen molar-refractivity contribution in [1.82, 2.24) is 5.32 Å². The number of ether oxygens (including phenoxy) is 2. The number of hydrogen-bond donors (Lipinski definition) is 1. The van der Waals surface area contributed by atoms with Crippen molar-refractivity contribution in [3.05, 3.63) is 82.4 Å². The first-order valence-electron chi connectivity index (χ1n) is 12.7. The fourth-order valence-electron chi connectivity index (χ4n) is 4.79. The molecule has 0 heterocycles. The van der Waals surface area contributed by atoms with Crippen LogP contribution < -0.4 is 19.1 Å². The molecule has 1 aliphatic rings. The van der Waals surface area contributed by atoms with Gasteiger partial charge in [0, 0.05) is 11.1 Å². The molecule has 1 amide bonds. The fourth-order valence-corrected chi connectivity index (χ4v) is 6.35. The van der Waals surface area contributed by atoms with E-state index in [0.717, 1.165) is 22.7 Å². The zero-order valence-electron chi connectivity index (χ0n) is 21.9. The third kappa shape index (κ3) is 6.08. The van der Waals surface area contributed by atoms with Crippen molar-refractivity contribution in [3.8, 4) is 11.5 Å². The first-order valence-corrected chi connectivity index (χ1v) is 14.5. The summed E-state index contributed by atoms with van der Waals surface area (Å²) < 4.78 is 39.3. The van der Waals surface area contributed by atoms with Crippen molar-refractivity contribution in [2.24, 2.45) is 0 Å². The maximum Gasteiger partial charge on any atom is 0.264 e. The largest absolute Gasteiger partial charge is 0.493 e. The molecule has 0 aromatic heterocycles. The minimum Gasteiger partial charge on any atom is -0.493 e. The summed E-state index contributed by atoms with van der Waals surface area (Å²) in [5.41, 5.74) is 4.06. The van der Waals surface area contributed by atoms with Crippen LogP contribution in [0.2, 0.25) is 5.02 Å². The van der Waals surface area contributed by atoms with Crippen molar-refractivity contribution in [2.75, 3.05) is 25.1 Å². The maximum atomic E-state index is 13.8. The lowest BCUT2D eigenvalue weighted by molar-refractivity contribution is -0.120. The number of methoxy groups -OCH3 is 2. The Labute approximate surface area is 229 Å². The van der Waals surface area contributed by atoms with Gasteiger partial charge in [0.2, 0.25) is 5.91 Å². The number of hydrogen-bond acceptors (Lipinski definition) is 5. The lowest BCUT2D eigenvalue weighted by atomic mass is 9.89. The van der Waals surface area contributed by atoms with Crippen molar-refractivity contribution < 1.29 is 22.7 Å². The van der Waals surface area contributed by atoms with Crippen LogP contribution in [0.1, 0.15) is 48.9 Å². The Kier molecular flexibility index (Phi) is 8.84. The molecule has 3 aromatic carbocycles. The third-order valence-corrected chi connectivity index (χ3v) is 8.89. The van der Waals surface area contributed by atoms with Crippen LogP contribution in [-0.2, 0) is 27.7 Å². The fraction of sp³-hybridized carbons (Fsp3) is 0.345. The predicted molar refractivity (Wildman–Crippen MR) is 150 cm³/mol. The summed E-state index contributed by atoms with van der Waals surface area (Å²) in [6, 6.07) is 16.8. The van der Waals surface area contributed by atoms with Gasteiger partial charge in [-0.05, 0) is 85.2 Å². The highest BCUT2D eigenvalue weighted by molar-refractivity contribution is 7.92. The highest BCUT2D eigenvalue weighted by atomic mass is 35.5. The molecule has 9 heteroatoms. The zero-order chi connectivity index (χ0) is 27.3. The highest BCUT2D eigenvalue weighted by Crippen LogP contribution is 2.33. The number of sulfonamides is 1. The van der Waals surface area contributed by atoms with Crippen LogP contribution in [0.25, 0.3) is 0 Å². The van der Waals surface area contributed by atoms with E-state index in [1.54, 1.807) is 24.3 Å². The topological polar surface area (TPSA) is 84.9 Å². The summed E-state index contributed by atoms with van der Waals surface area (Å²) in [5.74, 6) is 0.263. The van der Waals surface area contributed by atoms with Gasteiger partial charge in [-0.1, -0.05) is 36.7 Å². The first kappa shape index (κ1) is 27.8. The van der Waals surface area contributed by atoms with Gasteiger partial charge in [0.15, 0.2) is 11.5 Å². The van der Waals surface area contributed by atoms with E-state index in [9.17, 15) is 13.2 Å². The molecular weight excluding hydrogens is 524 g/mol. The summed E-state index contributed by atoms with van der Waals surface area (Å²) in [6.45, 7) is 1.60. The maximum absolute atomic E-state index is 13.8. The van der Waals surface area contributed by atoms with Crippen LogP contribution in [0.15, 0.2) is 65.6 Å². The van der Waals surface area contributed by atoms with Gasteiger partial charge in [-0.15, -0.1) is 0 Å². The number of rotatable bonds is 10. The predicted octanol–water partition coefficient (Wildman–Crippen LogP) is 5.70. The summed E-state index contributed by atoms with van der Waals surface area (Å²) in [7, 11) is -1.23. The Balaban J connectivity index is 1.62. The monoisotopic (exact) mass is 556 g/mol. The number of benzene rings is 3. The number of anilines is 1. The molecule has 0 fully saturated rings. The number of carbonyl (C=O) groups excluding carboxylic acids is 1. The Hall–Kier alpha value is -3.23. The van der Waals surface area contributed by atoms with Crippen LogP contribution in [0.4, 0.5) is 5.69 Å². The summed E-state index contributed by atoms with van der Waals surface area (Å²) in [6.07, 6.45) is 5.18. The molecule has 4 rings (SSSR count). The molecule has 1 N–H and O–H groups in total. The van der Waals surface area contributed by atoms with Gasteiger partial charge in [-0.25, -0.2) is 8.42 Å². The molecule has 7 nitrogen and oxygen atoms in total. The Morgan fingerprint density at radius 3 is 2.29 bits per heavy atom. The third-order valence-electron chi connectivity index (χ3n) is 6.86. The Bertz CT molecular complexity index is 1390. The molecule has 202 valence electrons. The van der Waals surface area contributed by atoms with Crippen LogP contribution in [0.5, 0.6) is 11.5 Å². The van der Waals surface area contributed by atoms with Crippen LogP contribution in [0, 0.1) is 0 Å². The zero-order valence-corrected chi connectivity index (χ0v) is 23.4. The van der Waals surface area contributed by atoms with E-state index < -0.39 is 22.5 Å². The van der Waals surface area contributed by atoms with E-state index >= 15 is 0 Å². The van der Waals surface area contributed by atoms with Crippen molar-refractivity contribution >= 4 is 33.2 Å². The lowest BCUT2D eigenvalue weighted by Gasteiger charge is -2.26. The standard InChI is InChI=1S/C29H33ClN2O5S/c1-4-26(22-10-9-20-7-5-6-8-21(20)17-22)31-29(33)19-32(24-13-11-23(30)12-14-24)38(34,35)25-15-16-27(36-2)28(18-25)37-3/h9-18,26H,4-8,19H2,1-3H3,(H,31,33)/t26-/m0/s1. The van der Waals surface area contributed by atoms with Crippen molar-refractivity contribution in [3.63, 3.8) is 0 Å². The molecule has 0 saturated carbocycles. The number of amides is 1. The molecule has 0 spiro atoms. The molecule has 0 unspecified atom stereocenters. The highest BCUT2D eigenvalue weighted by Gasteiger charge is 2.29. The van der Waals surface area contributed by atoms with Crippen LogP contribution >= 0.6 is 11.6 Å². The first-order chi connectivity index (χ1) is 18.3. The molecule has 0 saturated heterocycles. The Morgan fingerprint density at radius 2 is 1.63 bits per heavy atom. The van der Waals surface area contributed by atoms with Gasteiger partial charge in [0.1, 0.15) is 6.54 Å². The van der Waals surface area contributed by atoms with E-state index in [-0.39, 0.29) is 16.7 Å². The van der Waals surface area contributed by atoms with E-state index in [1.807, 2.05) is 6.92 Å². The molecule has 0 bridgehead atoms. The number of nitrogens with one attached hydrogen (secondary N) is 1. The summed E-state index contributed by atoms with van der Waals surface area (Å²) >= 11 is 6.05. The second kappa shape index (κ2) is 12.1. The van der Waals surface area contributed by atoms with Crippen LogP contribution in [-0.4, -0.2) is 35.1 Å². The smallest absolute Gasteiger partial charge is 0.264 e. The minimum atomic E-state index is -4.14. The van der Waals surface area contributed by atoms with Gasteiger partial charge < -0.3 is 14.8 Å². The van der Waals surface area contributed by atoms with E-state index in [2.05, 4.69) is 23.5 Å². The second-order valence-electron chi connectivity index (χ2n) is 9.27. The van der Waals surface area contributed by atoms with E-state index in [4.69, 9.17) is 21.1 Å². The van der Waals surface area contributed by atoms with E-state index in [0.29, 0.717) is 22.9 Å². The van der Waals surface area contributed by atoms with Gasteiger partial charge >= 0.3 is 0 Å². The second-order valence-corrected chi connectivity index (χ2v) is 11.6. The average molecular weight is 557 g/mol. The summed E-state index contributed by atoms with van der Waals surface area (Å²) in [5, 5.41) is 3.51. The normalized spacial score (nSPS) is 13.8. The van der Waals surface area contributed by atoms with Crippen molar-refractivity contribution in [2.45, 2.75) is 50.0 Å². The number of nitrogens with zero attached hydrogens (tertiary/aromatic N) is 1. The molecule has 38 heavy (non-hydrogen) atoms. The molecule has 1 aliphatic carbocycles. The van der Waals surface area contributed by atoms with Gasteiger partial charge in [0.25, 0.3) is 10.0 Å². The SMILES string of the molecule is CC[C@H](NC(=O)CN(c1ccc(Cl)cc1)S(=O)(=O)c1ccc(OC)c(OC)c1)c1ccc2c(c1)CCCC2. The lowest BCUT2D eigenvalue weighted by Crippen LogP contribution is -2.42. The van der Waals surface area contributed by atoms with E-state index in [1.165, 1.54) is 56.4 Å². The molecule has 0 aliphatic heterocycles. The molecule has 1 atom stereocenters. The Morgan fingerprint density at radius 1 is 0.947 bits per heavy atom. The number of aryl methyl sites for hydroxylation is 2. The quantitative estimate of drug-likeness (QED) is 0.346. The van der Waals surface area contributed by atoms with Gasteiger partial charge in [-0.3, -0.25) is 9.10 Å². The molecular formula is C29H33ClN2O5S. The minimum absolute atomic E-state index is 0.0281. The molecule has 3 aromatic rings. The van der Waals surface area contributed by atoms with Crippen LogP contribution in [0.3, 0.4) is 0 Å². The van der Waals surface area contributed by atoms with Crippen molar-refractivity contribution in [1.29, 1.82) is 0 Å². The average Bonchev–Trinajstić information content (AvgIpc) is 2.94. The summed E-state index contributed by atoms with van der Waals surface area (Å²) in [4.78, 5) is 13.3. The molecule has 0 radical (unpaired) electrons. The number of carbonyl (C=O) groups is 1.